The van der Waals surface area contributed by atoms with Crippen molar-refractivity contribution in [1.82, 2.24) is 9.88 Å². The van der Waals surface area contributed by atoms with Gasteiger partial charge in [-0.1, -0.05) is 30.3 Å². The van der Waals surface area contributed by atoms with E-state index in [0.717, 1.165) is 32.0 Å². The predicted molar refractivity (Wildman–Crippen MR) is 84.4 cm³/mol. The molecule has 0 amide bonds. The van der Waals surface area contributed by atoms with Crippen molar-refractivity contribution in [3.63, 3.8) is 0 Å². The Labute approximate surface area is 126 Å². The van der Waals surface area contributed by atoms with Crippen LogP contribution in [-0.2, 0) is 13.0 Å². The molecule has 0 saturated heterocycles. The van der Waals surface area contributed by atoms with Gasteiger partial charge in [0.25, 0.3) is 0 Å². The fourth-order valence-corrected chi connectivity index (χ4v) is 2.79. The van der Waals surface area contributed by atoms with Crippen LogP contribution >= 0.6 is 0 Å². The van der Waals surface area contributed by atoms with Crippen LogP contribution in [0.3, 0.4) is 0 Å². The van der Waals surface area contributed by atoms with Crippen LogP contribution in [0.25, 0.3) is 0 Å². The van der Waals surface area contributed by atoms with Crippen molar-refractivity contribution in [2.75, 3.05) is 19.7 Å². The molecule has 2 aromatic rings. The van der Waals surface area contributed by atoms with Gasteiger partial charge in [-0.3, -0.25) is 4.90 Å². The second-order valence-corrected chi connectivity index (χ2v) is 5.52. The highest BCUT2D eigenvalue weighted by atomic mass is 16.5. The molecule has 1 aliphatic rings. The molecule has 3 heteroatoms. The number of unbranched alkanes of at least 4 members (excludes halogenated alkanes) is 1. The molecule has 1 aromatic heterocycles. The van der Waals surface area contributed by atoms with E-state index in [2.05, 4.69) is 34.1 Å². The minimum absolute atomic E-state index is 0.726. The van der Waals surface area contributed by atoms with Gasteiger partial charge in [0.1, 0.15) is 0 Å². The third-order valence-electron chi connectivity index (χ3n) is 3.97. The number of fused-ring (bicyclic) bond motifs is 1. The number of pyridine rings is 1. The van der Waals surface area contributed by atoms with Gasteiger partial charge in [0.05, 0.1) is 6.61 Å². The molecule has 0 aliphatic carbocycles. The van der Waals surface area contributed by atoms with Crippen LogP contribution in [0.5, 0.6) is 5.88 Å². The lowest BCUT2D eigenvalue weighted by molar-refractivity contribution is 0.233. The van der Waals surface area contributed by atoms with Crippen molar-refractivity contribution in [1.29, 1.82) is 0 Å². The first-order chi connectivity index (χ1) is 10.4. The molecule has 0 spiro atoms. The highest BCUT2D eigenvalue weighted by Gasteiger charge is 2.14. The fraction of sp³-hybridized carbons (Fsp3) is 0.389. The molecule has 1 aromatic carbocycles. The Hall–Kier alpha value is -1.87. The van der Waals surface area contributed by atoms with E-state index < -0.39 is 0 Å². The quantitative estimate of drug-likeness (QED) is 0.760. The summed E-state index contributed by atoms with van der Waals surface area (Å²) >= 11 is 0. The number of hydrogen-bond acceptors (Lipinski definition) is 3. The largest absolute Gasteiger partial charge is 0.478 e. The average Bonchev–Trinajstić information content (AvgIpc) is 2.55. The minimum Gasteiger partial charge on any atom is -0.478 e. The van der Waals surface area contributed by atoms with Crippen molar-refractivity contribution in [2.45, 2.75) is 25.8 Å². The Kier molecular flexibility index (Phi) is 4.85. The fourth-order valence-electron chi connectivity index (χ4n) is 2.79. The zero-order valence-corrected chi connectivity index (χ0v) is 12.4. The summed E-state index contributed by atoms with van der Waals surface area (Å²) in [5.74, 6) is 0.726. The molecule has 0 radical (unpaired) electrons. The highest BCUT2D eigenvalue weighted by Crippen LogP contribution is 2.18. The van der Waals surface area contributed by atoms with Gasteiger partial charge in [-0.15, -0.1) is 0 Å². The minimum atomic E-state index is 0.726. The summed E-state index contributed by atoms with van der Waals surface area (Å²) in [4.78, 5) is 6.70. The Morgan fingerprint density at radius 3 is 2.71 bits per heavy atom. The maximum absolute atomic E-state index is 5.62. The number of hydrogen-bond donors (Lipinski definition) is 0. The molecule has 0 N–H and O–H groups in total. The molecule has 1 aliphatic heterocycles. The number of benzene rings is 1. The molecule has 110 valence electrons. The van der Waals surface area contributed by atoms with Crippen molar-refractivity contribution < 1.29 is 4.74 Å². The monoisotopic (exact) mass is 282 g/mol. The first kappa shape index (κ1) is 14.1. The zero-order chi connectivity index (χ0) is 14.3. The summed E-state index contributed by atoms with van der Waals surface area (Å²) in [6, 6.07) is 14.6. The second-order valence-electron chi connectivity index (χ2n) is 5.52. The second kappa shape index (κ2) is 7.23. The molecule has 2 heterocycles. The van der Waals surface area contributed by atoms with Crippen molar-refractivity contribution in [3.05, 3.63) is 59.8 Å². The van der Waals surface area contributed by atoms with E-state index in [9.17, 15) is 0 Å². The Morgan fingerprint density at radius 2 is 1.86 bits per heavy atom. The summed E-state index contributed by atoms with van der Waals surface area (Å²) in [6.07, 6.45) is 5.20. The lowest BCUT2D eigenvalue weighted by atomic mass is 10.00. The van der Waals surface area contributed by atoms with Crippen LogP contribution in [0.15, 0.2) is 48.7 Å². The molecule has 0 unspecified atom stereocenters. The van der Waals surface area contributed by atoms with Crippen LogP contribution in [0.1, 0.15) is 24.0 Å². The molecular weight excluding hydrogens is 260 g/mol. The van der Waals surface area contributed by atoms with Gasteiger partial charge in [-0.05, 0) is 43.0 Å². The summed E-state index contributed by atoms with van der Waals surface area (Å²) in [7, 11) is 0. The Bertz CT molecular complexity index is 556. The van der Waals surface area contributed by atoms with E-state index in [1.54, 1.807) is 6.20 Å². The van der Waals surface area contributed by atoms with Crippen LogP contribution < -0.4 is 4.74 Å². The van der Waals surface area contributed by atoms with E-state index in [-0.39, 0.29) is 0 Å². The highest BCUT2D eigenvalue weighted by molar-refractivity contribution is 5.28. The van der Waals surface area contributed by atoms with Crippen LogP contribution in [0, 0.1) is 0 Å². The van der Waals surface area contributed by atoms with Crippen LogP contribution in [0.4, 0.5) is 0 Å². The normalized spacial score (nSPS) is 14.7. The third-order valence-corrected chi connectivity index (χ3v) is 3.97. The summed E-state index contributed by atoms with van der Waals surface area (Å²) < 4.78 is 5.62. The number of rotatable bonds is 6. The first-order valence-corrected chi connectivity index (χ1v) is 7.75. The van der Waals surface area contributed by atoms with Crippen molar-refractivity contribution in [3.8, 4) is 5.88 Å². The van der Waals surface area contributed by atoms with Crippen molar-refractivity contribution >= 4 is 0 Å². The maximum Gasteiger partial charge on any atom is 0.213 e. The van der Waals surface area contributed by atoms with Gasteiger partial charge >= 0.3 is 0 Å². The van der Waals surface area contributed by atoms with Gasteiger partial charge < -0.3 is 4.74 Å². The molecule has 21 heavy (non-hydrogen) atoms. The average molecular weight is 282 g/mol. The standard InChI is InChI=1S/C18H22N2O/c1-2-8-17-15-20(13-10-16(17)7-1)12-5-6-14-21-18-9-3-4-11-19-18/h1-4,7-9,11H,5-6,10,12-15H2. The van der Waals surface area contributed by atoms with E-state index in [1.165, 1.54) is 30.5 Å². The molecule has 0 atom stereocenters. The Morgan fingerprint density at radius 1 is 1.00 bits per heavy atom. The third kappa shape index (κ3) is 4.05. The van der Waals surface area contributed by atoms with Gasteiger partial charge in [0, 0.05) is 25.4 Å². The zero-order valence-electron chi connectivity index (χ0n) is 12.4. The summed E-state index contributed by atoms with van der Waals surface area (Å²) in [6.45, 7) is 4.18. The molecule has 3 rings (SSSR count). The number of aromatic nitrogens is 1. The topological polar surface area (TPSA) is 25.4 Å². The van der Waals surface area contributed by atoms with Gasteiger partial charge in [-0.2, -0.15) is 0 Å². The molecule has 0 fully saturated rings. The first-order valence-electron chi connectivity index (χ1n) is 7.75. The SMILES string of the molecule is c1ccc(OCCCCN2CCc3ccccc3C2)nc1. The Balaban J connectivity index is 1.35. The lowest BCUT2D eigenvalue weighted by Crippen LogP contribution is -2.31. The molecule has 0 bridgehead atoms. The van der Waals surface area contributed by atoms with E-state index in [1.807, 2.05) is 18.2 Å². The van der Waals surface area contributed by atoms with Crippen LogP contribution in [0.2, 0.25) is 0 Å². The van der Waals surface area contributed by atoms with Crippen molar-refractivity contribution in [2.24, 2.45) is 0 Å². The van der Waals surface area contributed by atoms with E-state index >= 15 is 0 Å². The van der Waals surface area contributed by atoms with Crippen LogP contribution in [-0.4, -0.2) is 29.6 Å². The van der Waals surface area contributed by atoms with Gasteiger partial charge in [0.2, 0.25) is 5.88 Å². The molecule has 0 saturated carbocycles. The molecule has 3 nitrogen and oxygen atoms in total. The summed E-state index contributed by atoms with van der Waals surface area (Å²) in [5.41, 5.74) is 3.01. The number of nitrogens with zero attached hydrogens (tertiary/aromatic N) is 2. The van der Waals surface area contributed by atoms with E-state index in [0.29, 0.717) is 0 Å². The summed E-state index contributed by atoms with van der Waals surface area (Å²) in [5, 5.41) is 0. The van der Waals surface area contributed by atoms with Gasteiger partial charge in [-0.25, -0.2) is 4.98 Å². The smallest absolute Gasteiger partial charge is 0.213 e. The lowest BCUT2D eigenvalue weighted by Gasteiger charge is -2.28. The molecular formula is C18H22N2O. The van der Waals surface area contributed by atoms with Gasteiger partial charge in [0.15, 0.2) is 0 Å². The van der Waals surface area contributed by atoms with E-state index in [4.69, 9.17) is 4.74 Å². The maximum atomic E-state index is 5.62. The number of ether oxygens (including phenoxy) is 1. The predicted octanol–water partition coefficient (Wildman–Crippen LogP) is 3.30.